The van der Waals surface area contributed by atoms with Gasteiger partial charge in [-0.05, 0) is 33.0 Å². The van der Waals surface area contributed by atoms with Crippen LogP contribution in [-0.4, -0.2) is 9.13 Å². The van der Waals surface area contributed by atoms with Gasteiger partial charge in [0.15, 0.2) is 5.56 Å². The van der Waals surface area contributed by atoms with Gasteiger partial charge < -0.3 is 19.0 Å². The van der Waals surface area contributed by atoms with Crippen molar-refractivity contribution in [2.45, 2.75) is 52.4 Å². The third-order valence-electron chi connectivity index (χ3n) is 7.82. The fraction of sp³-hybridized carbons (Fsp3) is 0.286. The number of aromatic nitrogens is 2. The monoisotopic (exact) mass is 532 g/mol. The average molecular weight is 533 g/mol. The second kappa shape index (κ2) is 9.44. The van der Waals surface area contributed by atoms with Crippen LogP contribution >= 0.6 is 0 Å². The van der Waals surface area contributed by atoms with E-state index in [-0.39, 0.29) is 16.9 Å². The third-order valence-corrected chi connectivity index (χ3v) is 7.82. The lowest BCUT2D eigenvalue weighted by Crippen LogP contribution is -2.32. The molecular weight excluding hydrogens is 496 g/mol. The van der Waals surface area contributed by atoms with E-state index >= 15 is 0 Å². The van der Waals surface area contributed by atoms with E-state index in [4.69, 9.17) is 0 Å². The van der Waals surface area contributed by atoms with E-state index in [0.717, 1.165) is 22.2 Å². The molecule has 0 unspecified atom stereocenters. The van der Waals surface area contributed by atoms with Gasteiger partial charge in [-0.25, -0.2) is 0 Å². The molecule has 5 rings (SSSR count). The predicted octanol–water partition coefficient (Wildman–Crippen LogP) is 4.19. The van der Waals surface area contributed by atoms with Crippen molar-refractivity contribution in [2.24, 2.45) is 14.1 Å². The molecule has 1 aliphatic heterocycles. The summed E-state index contributed by atoms with van der Waals surface area (Å²) in [4.78, 5) is 28.2. The summed E-state index contributed by atoms with van der Waals surface area (Å²) in [6.07, 6.45) is 9.59. The average Bonchev–Trinajstić information content (AvgIpc) is 3.12. The summed E-state index contributed by atoms with van der Waals surface area (Å²) < 4.78 is 3.27. The van der Waals surface area contributed by atoms with Crippen molar-refractivity contribution >= 4 is 17.7 Å². The number of fused-ring (bicyclic) bond motifs is 2. The van der Waals surface area contributed by atoms with Crippen LogP contribution in [-0.2, 0) is 24.9 Å². The molecule has 5 heteroatoms. The van der Waals surface area contributed by atoms with Gasteiger partial charge >= 0.3 is 0 Å². The first-order valence-electron chi connectivity index (χ1n) is 13.6. The Hall–Kier alpha value is -4.25. The summed E-state index contributed by atoms with van der Waals surface area (Å²) in [6.45, 7) is 12.1. The quantitative estimate of drug-likeness (QED) is 0.364. The largest absolute Gasteiger partial charge is 0.872 e. The minimum atomic E-state index is -0.449. The summed E-state index contributed by atoms with van der Waals surface area (Å²) >= 11 is 0. The topological polar surface area (TPSA) is 67.1 Å². The normalized spacial score (nSPS) is 14.2. The van der Waals surface area contributed by atoms with E-state index < -0.39 is 10.8 Å². The lowest BCUT2D eigenvalue weighted by Gasteiger charge is -2.34. The van der Waals surface area contributed by atoms with E-state index in [1.807, 2.05) is 114 Å². The van der Waals surface area contributed by atoms with E-state index in [2.05, 4.69) is 0 Å². The molecule has 0 N–H and O–H groups in total. The molecule has 0 radical (unpaired) electrons. The standard InChI is InChI=1S/C35H37N2O3/c1-34(2,3)24-19-21(20-25(31(24)38)35(4,5)6)28(29-22-15-11-9-13-17-26(22)36(7)32(29)39)30-23-16-12-10-14-18-27(23)37(8)33(30)40/h9-20,38H,1-8H3/q-1/p-1. The number of benzene rings is 1. The molecule has 0 fully saturated rings. The minimum Gasteiger partial charge on any atom is -0.872 e. The SMILES string of the molecule is Cn1c2cccccc-2c(C(c2cc(C(C)(C)C)c([O-])c(C(C)(C)C)c2)=c2c(=O)n(C)c3[c-]2C=CC=CC=3)c1=O. The van der Waals surface area contributed by atoms with Gasteiger partial charge in [-0.1, -0.05) is 106 Å². The molecular formula is C35H36N2O3-2. The zero-order valence-electron chi connectivity index (χ0n) is 24.5. The second-order valence-electron chi connectivity index (χ2n) is 12.7. The Morgan fingerprint density at radius 1 is 0.800 bits per heavy atom. The molecule has 0 bridgehead atoms. The molecule has 2 aliphatic carbocycles. The summed E-state index contributed by atoms with van der Waals surface area (Å²) in [5.41, 5.74) is 4.03. The fourth-order valence-corrected chi connectivity index (χ4v) is 5.65. The van der Waals surface area contributed by atoms with E-state index in [1.54, 1.807) is 23.2 Å². The lowest BCUT2D eigenvalue weighted by atomic mass is 9.77. The van der Waals surface area contributed by atoms with Crippen molar-refractivity contribution in [3.05, 3.63) is 120 Å². The van der Waals surface area contributed by atoms with Crippen LogP contribution in [0.3, 0.4) is 0 Å². The van der Waals surface area contributed by atoms with Crippen LogP contribution in [0.5, 0.6) is 5.75 Å². The van der Waals surface area contributed by atoms with Gasteiger partial charge in [0.25, 0.3) is 5.56 Å². The van der Waals surface area contributed by atoms with Crippen LogP contribution in [0.15, 0.2) is 70.3 Å². The first-order chi connectivity index (χ1) is 18.7. The molecule has 1 aromatic carbocycles. The highest BCUT2D eigenvalue weighted by Crippen LogP contribution is 2.41. The highest BCUT2D eigenvalue weighted by atomic mass is 16.3. The Morgan fingerprint density at radius 2 is 1.43 bits per heavy atom. The van der Waals surface area contributed by atoms with E-state index in [1.165, 1.54) is 0 Å². The van der Waals surface area contributed by atoms with Crippen molar-refractivity contribution in [3.8, 4) is 17.0 Å². The van der Waals surface area contributed by atoms with Gasteiger partial charge in [0.1, 0.15) is 0 Å². The van der Waals surface area contributed by atoms with Crippen LogP contribution in [0.25, 0.3) is 29.0 Å². The smallest absolute Gasteiger partial charge is 0.251 e. The number of allylic oxidation sites excluding steroid dienone is 3. The molecule has 40 heavy (non-hydrogen) atoms. The first-order valence-corrected chi connectivity index (χ1v) is 13.6. The molecule has 0 spiro atoms. The Balaban J connectivity index is 2.11. The summed E-state index contributed by atoms with van der Waals surface area (Å²) in [6, 6.07) is 13.4. The molecule has 0 amide bonds. The molecule has 0 atom stereocenters. The van der Waals surface area contributed by atoms with Crippen LogP contribution in [0.2, 0.25) is 0 Å². The maximum absolute atomic E-state index is 14.1. The number of hydrogen-bond acceptors (Lipinski definition) is 3. The fourth-order valence-electron chi connectivity index (χ4n) is 5.65. The van der Waals surface area contributed by atoms with Crippen molar-refractivity contribution in [1.82, 2.24) is 9.13 Å². The van der Waals surface area contributed by atoms with E-state index in [0.29, 0.717) is 33.0 Å². The van der Waals surface area contributed by atoms with Crippen molar-refractivity contribution in [2.75, 3.05) is 0 Å². The molecule has 5 nitrogen and oxygen atoms in total. The van der Waals surface area contributed by atoms with Crippen LogP contribution in [0.4, 0.5) is 0 Å². The van der Waals surface area contributed by atoms with Gasteiger partial charge in [-0.15, -0.1) is 30.1 Å². The summed E-state index contributed by atoms with van der Waals surface area (Å²) in [5.74, 6) is 0.00133. The second-order valence-corrected chi connectivity index (χ2v) is 12.7. The minimum absolute atomic E-state index is 0.00133. The molecule has 2 aromatic rings. The van der Waals surface area contributed by atoms with Crippen LogP contribution in [0, 0.1) is 0 Å². The third kappa shape index (κ3) is 4.30. The molecule has 0 saturated heterocycles. The Labute approximate surface area is 235 Å². The Morgan fingerprint density at radius 3 is 2.05 bits per heavy atom. The number of hydrogen-bond donors (Lipinski definition) is 0. The van der Waals surface area contributed by atoms with Crippen LogP contribution < -0.4 is 26.8 Å². The molecule has 1 aromatic heterocycles. The Kier molecular flexibility index (Phi) is 6.45. The van der Waals surface area contributed by atoms with Gasteiger partial charge in [0.2, 0.25) is 0 Å². The maximum Gasteiger partial charge on any atom is 0.251 e. The molecule has 206 valence electrons. The van der Waals surface area contributed by atoms with E-state index in [9.17, 15) is 14.7 Å². The highest BCUT2D eigenvalue weighted by Gasteiger charge is 2.26. The van der Waals surface area contributed by atoms with Crippen molar-refractivity contribution in [1.29, 1.82) is 0 Å². The van der Waals surface area contributed by atoms with Crippen molar-refractivity contribution in [3.63, 3.8) is 0 Å². The van der Waals surface area contributed by atoms with Gasteiger partial charge in [0, 0.05) is 25.2 Å². The molecule has 0 saturated carbocycles. The predicted molar refractivity (Wildman–Crippen MR) is 162 cm³/mol. The summed E-state index contributed by atoms with van der Waals surface area (Å²) in [5, 5.41) is 15.1. The van der Waals surface area contributed by atoms with Gasteiger partial charge in [0.05, 0.1) is 5.69 Å². The number of nitrogens with zero attached hydrogens (tertiary/aromatic N) is 2. The maximum atomic E-state index is 14.1. The first kappa shape index (κ1) is 27.3. The van der Waals surface area contributed by atoms with Crippen LogP contribution in [0.1, 0.15) is 69.4 Å². The van der Waals surface area contributed by atoms with Gasteiger partial charge in [-0.2, -0.15) is 0 Å². The zero-order valence-corrected chi connectivity index (χ0v) is 24.5. The zero-order chi connectivity index (χ0) is 29.1. The highest BCUT2D eigenvalue weighted by molar-refractivity contribution is 5.90. The van der Waals surface area contributed by atoms with Gasteiger partial charge in [-0.3, -0.25) is 4.79 Å². The lowest BCUT2D eigenvalue weighted by molar-refractivity contribution is -0.271. The Bertz CT molecular complexity index is 1890. The van der Waals surface area contributed by atoms with Crippen molar-refractivity contribution < 1.29 is 5.11 Å². The molecule has 3 aliphatic rings. The summed E-state index contributed by atoms with van der Waals surface area (Å²) in [7, 11) is 3.52. The molecule has 2 heterocycles. The number of rotatable bonds is 2.